The highest BCUT2D eigenvalue weighted by Crippen LogP contribution is 2.28. The maximum Gasteiger partial charge on any atom is 0.358 e. The van der Waals surface area contributed by atoms with Gasteiger partial charge in [0.1, 0.15) is 0 Å². The van der Waals surface area contributed by atoms with Gasteiger partial charge in [0.15, 0.2) is 23.1 Å². The molecular weight excluding hydrogens is 356 g/mol. The van der Waals surface area contributed by atoms with Crippen LogP contribution in [0.4, 0.5) is 0 Å². The number of carbonyl (C=O) groups is 3. The number of nitrogens with zero attached hydrogens (tertiary/aromatic N) is 1. The van der Waals surface area contributed by atoms with Crippen LogP contribution in [0.1, 0.15) is 47.5 Å². The highest BCUT2D eigenvalue weighted by Gasteiger charge is 2.24. The number of aromatic nitrogens is 1. The Bertz CT molecular complexity index is 791. The number of carbonyl (C=O) groups excluding carboxylic acids is 3. The van der Waals surface area contributed by atoms with E-state index in [0.29, 0.717) is 15.6 Å². The summed E-state index contributed by atoms with van der Waals surface area (Å²) in [4.78, 5) is 40.9. The van der Waals surface area contributed by atoms with Crippen LogP contribution in [0.15, 0.2) is 22.8 Å². The molecule has 0 saturated heterocycles. The molecule has 1 aliphatic rings. The molecular formula is C18H20N2O5S. The van der Waals surface area contributed by atoms with Crippen molar-refractivity contribution in [3.05, 3.63) is 29.0 Å². The van der Waals surface area contributed by atoms with Crippen LogP contribution in [0.5, 0.6) is 0 Å². The lowest BCUT2D eigenvalue weighted by atomic mass is 9.89. The van der Waals surface area contributed by atoms with E-state index in [1.54, 1.807) is 19.1 Å². The smallest absolute Gasteiger partial charge is 0.358 e. The fourth-order valence-electron chi connectivity index (χ4n) is 2.93. The molecule has 1 fully saturated rings. The third kappa shape index (κ3) is 4.37. The topological polar surface area (TPSA) is 98.5 Å². The lowest BCUT2D eigenvalue weighted by molar-refractivity contribution is -0.135. The van der Waals surface area contributed by atoms with Gasteiger partial charge in [-0.2, -0.15) is 0 Å². The SMILES string of the molecule is Cc1sc(-c2ccco2)nc1C(=O)OCC(=O)NC(=O)C1CCCCC1. The number of rotatable bonds is 5. The maximum absolute atomic E-state index is 12.2. The Labute approximate surface area is 154 Å². The predicted molar refractivity (Wildman–Crippen MR) is 94.6 cm³/mol. The summed E-state index contributed by atoms with van der Waals surface area (Å²) >= 11 is 1.30. The van der Waals surface area contributed by atoms with Gasteiger partial charge in [-0.25, -0.2) is 9.78 Å². The number of imide groups is 1. The van der Waals surface area contributed by atoms with Crippen molar-refractivity contribution in [2.24, 2.45) is 5.92 Å². The number of aryl methyl sites for hydroxylation is 1. The van der Waals surface area contributed by atoms with E-state index < -0.39 is 18.5 Å². The van der Waals surface area contributed by atoms with Crippen molar-refractivity contribution in [1.29, 1.82) is 0 Å². The van der Waals surface area contributed by atoms with E-state index >= 15 is 0 Å². The minimum atomic E-state index is -0.697. The Morgan fingerprint density at radius 2 is 2.08 bits per heavy atom. The molecule has 7 nitrogen and oxygen atoms in total. The van der Waals surface area contributed by atoms with Gasteiger partial charge in [-0.1, -0.05) is 19.3 Å². The summed E-state index contributed by atoms with van der Waals surface area (Å²) in [5, 5.41) is 2.88. The van der Waals surface area contributed by atoms with E-state index in [9.17, 15) is 14.4 Å². The number of hydrogen-bond acceptors (Lipinski definition) is 7. The first-order valence-electron chi connectivity index (χ1n) is 8.56. The molecule has 2 aromatic rings. The Kier molecular flexibility index (Phi) is 5.82. The van der Waals surface area contributed by atoms with E-state index in [1.165, 1.54) is 17.6 Å². The summed E-state index contributed by atoms with van der Waals surface area (Å²) in [5.74, 6) is -1.16. The fourth-order valence-corrected chi connectivity index (χ4v) is 3.80. The zero-order valence-electron chi connectivity index (χ0n) is 14.4. The number of thiazole rings is 1. The monoisotopic (exact) mass is 376 g/mol. The third-order valence-corrected chi connectivity index (χ3v) is 5.28. The van der Waals surface area contributed by atoms with Gasteiger partial charge < -0.3 is 9.15 Å². The van der Waals surface area contributed by atoms with Crippen molar-refractivity contribution in [1.82, 2.24) is 10.3 Å². The molecule has 1 N–H and O–H groups in total. The Morgan fingerprint density at radius 3 is 2.77 bits per heavy atom. The number of nitrogens with one attached hydrogen (secondary N) is 1. The molecule has 0 radical (unpaired) electrons. The normalized spacial score (nSPS) is 14.8. The minimum absolute atomic E-state index is 0.125. The molecule has 26 heavy (non-hydrogen) atoms. The van der Waals surface area contributed by atoms with Crippen LogP contribution in [0.2, 0.25) is 0 Å². The summed E-state index contributed by atoms with van der Waals surface area (Å²) in [5.41, 5.74) is 0.146. The second-order valence-electron chi connectivity index (χ2n) is 6.22. The van der Waals surface area contributed by atoms with Crippen LogP contribution < -0.4 is 5.32 Å². The van der Waals surface area contributed by atoms with Crippen molar-refractivity contribution in [2.45, 2.75) is 39.0 Å². The predicted octanol–water partition coefficient (Wildman–Crippen LogP) is 3.09. The van der Waals surface area contributed by atoms with Crippen molar-refractivity contribution in [3.8, 4) is 10.8 Å². The van der Waals surface area contributed by atoms with Crippen molar-refractivity contribution >= 4 is 29.1 Å². The average Bonchev–Trinajstić information content (AvgIpc) is 3.30. The summed E-state index contributed by atoms with van der Waals surface area (Å²) in [6, 6.07) is 3.48. The van der Waals surface area contributed by atoms with E-state index in [-0.39, 0.29) is 17.5 Å². The molecule has 0 aliphatic heterocycles. The molecule has 0 aromatic carbocycles. The molecule has 8 heteroatoms. The van der Waals surface area contributed by atoms with Gasteiger partial charge in [0.25, 0.3) is 5.91 Å². The maximum atomic E-state index is 12.2. The number of amides is 2. The lowest BCUT2D eigenvalue weighted by Gasteiger charge is -2.20. The highest BCUT2D eigenvalue weighted by molar-refractivity contribution is 7.15. The van der Waals surface area contributed by atoms with Gasteiger partial charge in [0, 0.05) is 10.8 Å². The molecule has 2 heterocycles. The molecule has 1 saturated carbocycles. The van der Waals surface area contributed by atoms with Crippen molar-refractivity contribution in [2.75, 3.05) is 6.61 Å². The van der Waals surface area contributed by atoms with Gasteiger partial charge in [0.05, 0.1) is 6.26 Å². The van der Waals surface area contributed by atoms with Crippen molar-refractivity contribution < 1.29 is 23.5 Å². The van der Waals surface area contributed by atoms with Gasteiger partial charge in [-0.3, -0.25) is 14.9 Å². The first kappa shape index (κ1) is 18.3. The largest absolute Gasteiger partial charge is 0.462 e. The van der Waals surface area contributed by atoms with Gasteiger partial charge in [-0.15, -0.1) is 11.3 Å². The van der Waals surface area contributed by atoms with Crippen LogP contribution in [0.3, 0.4) is 0 Å². The zero-order chi connectivity index (χ0) is 18.5. The minimum Gasteiger partial charge on any atom is -0.462 e. The van der Waals surface area contributed by atoms with Crippen LogP contribution in [-0.2, 0) is 14.3 Å². The van der Waals surface area contributed by atoms with Gasteiger partial charge in [0.2, 0.25) is 5.91 Å². The van der Waals surface area contributed by atoms with E-state index in [1.807, 2.05) is 0 Å². The molecule has 0 bridgehead atoms. The van der Waals surface area contributed by atoms with E-state index in [2.05, 4.69) is 10.3 Å². The third-order valence-electron chi connectivity index (χ3n) is 4.29. The Morgan fingerprint density at radius 1 is 1.31 bits per heavy atom. The number of esters is 1. The number of furan rings is 1. The lowest BCUT2D eigenvalue weighted by Crippen LogP contribution is -2.38. The van der Waals surface area contributed by atoms with Gasteiger partial charge in [-0.05, 0) is 31.9 Å². The number of ether oxygens (including phenoxy) is 1. The summed E-state index contributed by atoms with van der Waals surface area (Å²) in [6.07, 6.45) is 6.25. The molecule has 2 amide bonds. The number of hydrogen-bond donors (Lipinski definition) is 1. The molecule has 0 unspecified atom stereocenters. The molecule has 1 aliphatic carbocycles. The molecule has 138 valence electrons. The van der Waals surface area contributed by atoms with Crippen LogP contribution in [-0.4, -0.2) is 29.4 Å². The van der Waals surface area contributed by atoms with Crippen LogP contribution in [0, 0.1) is 12.8 Å². The average molecular weight is 376 g/mol. The van der Waals surface area contributed by atoms with Gasteiger partial charge >= 0.3 is 5.97 Å². The molecule has 2 aromatic heterocycles. The summed E-state index contributed by atoms with van der Waals surface area (Å²) < 4.78 is 10.3. The van der Waals surface area contributed by atoms with Crippen LogP contribution in [0.25, 0.3) is 10.8 Å². The standard InChI is InChI=1S/C18H20N2O5S/c1-11-15(20-17(26-11)13-8-5-9-24-13)18(23)25-10-14(21)19-16(22)12-6-3-2-4-7-12/h5,8-9,12H,2-4,6-7,10H2,1H3,(H,19,21,22). The second-order valence-corrected chi connectivity index (χ2v) is 7.43. The Balaban J connectivity index is 1.52. The quantitative estimate of drug-likeness (QED) is 0.805. The summed E-state index contributed by atoms with van der Waals surface area (Å²) in [6.45, 7) is 1.23. The first-order chi connectivity index (χ1) is 12.5. The molecule has 0 spiro atoms. The highest BCUT2D eigenvalue weighted by atomic mass is 32.1. The molecule has 3 rings (SSSR count). The van der Waals surface area contributed by atoms with Crippen LogP contribution >= 0.6 is 11.3 Å². The second kappa shape index (κ2) is 8.27. The fraction of sp³-hybridized carbons (Fsp3) is 0.444. The van der Waals surface area contributed by atoms with E-state index in [0.717, 1.165) is 32.1 Å². The Hall–Kier alpha value is -2.48. The van der Waals surface area contributed by atoms with E-state index in [4.69, 9.17) is 9.15 Å². The zero-order valence-corrected chi connectivity index (χ0v) is 15.3. The van der Waals surface area contributed by atoms with Crippen molar-refractivity contribution in [3.63, 3.8) is 0 Å². The molecule has 0 atom stereocenters. The first-order valence-corrected chi connectivity index (χ1v) is 9.38. The summed E-state index contributed by atoms with van der Waals surface area (Å²) in [7, 11) is 0.